The van der Waals surface area contributed by atoms with Crippen molar-refractivity contribution in [3.63, 3.8) is 0 Å². The third kappa shape index (κ3) is 2.54. The molecule has 2 rings (SSSR count). The standard InChI is InChI=1S/C10H10IN3OS/c1-2-3-16-10-13-8-7(9(15)14-10)4-6(11)5-12-8/h4-5H,2-3H2,1H3,(H,12,13,14,15). The minimum absolute atomic E-state index is 0.116. The zero-order valence-electron chi connectivity index (χ0n) is 8.66. The molecule has 2 aromatic heterocycles. The third-order valence-corrected chi connectivity index (χ3v) is 3.62. The summed E-state index contributed by atoms with van der Waals surface area (Å²) < 4.78 is 0.936. The zero-order chi connectivity index (χ0) is 11.5. The summed E-state index contributed by atoms with van der Waals surface area (Å²) in [7, 11) is 0. The summed E-state index contributed by atoms with van der Waals surface area (Å²) in [6, 6.07) is 1.79. The number of fused-ring (bicyclic) bond motifs is 1. The maximum Gasteiger partial charge on any atom is 0.261 e. The van der Waals surface area contributed by atoms with Crippen molar-refractivity contribution in [1.29, 1.82) is 0 Å². The average Bonchev–Trinajstić information content (AvgIpc) is 2.27. The number of hydrogen-bond donors (Lipinski definition) is 1. The number of halogens is 1. The monoisotopic (exact) mass is 347 g/mol. The largest absolute Gasteiger partial charge is 0.301 e. The quantitative estimate of drug-likeness (QED) is 0.526. The Morgan fingerprint density at radius 3 is 3.12 bits per heavy atom. The van der Waals surface area contributed by atoms with E-state index in [1.807, 2.05) is 0 Å². The SMILES string of the molecule is CCCSc1nc2ncc(I)cc2c(=O)[nH]1. The van der Waals surface area contributed by atoms with E-state index in [0.29, 0.717) is 16.2 Å². The zero-order valence-corrected chi connectivity index (χ0v) is 11.6. The molecule has 0 saturated carbocycles. The molecule has 0 spiro atoms. The molecule has 6 heteroatoms. The van der Waals surface area contributed by atoms with Gasteiger partial charge in [-0.2, -0.15) is 0 Å². The Labute approximate surface area is 110 Å². The first kappa shape index (κ1) is 11.8. The Hall–Kier alpha value is -0.630. The second-order valence-corrected chi connectivity index (χ2v) is 5.57. The molecule has 0 aliphatic rings. The summed E-state index contributed by atoms with van der Waals surface area (Å²) >= 11 is 3.67. The van der Waals surface area contributed by atoms with Crippen LogP contribution in [0.3, 0.4) is 0 Å². The van der Waals surface area contributed by atoms with Crippen LogP contribution in [0.4, 0.5) is 0 Å². The van der Waals surface area contributed by atoms with Gasteiger partial charge in [-0.3, -0.25) is 4.79 Å². The first-order valence-electron chi connectivity index (χ1n) is 4.89. The summed E-state index contributed by atoms with van der Waals surface area (Å²) in [6.45, 7) is 2.09. The lowest BCUT2D eigenvalue weighted by molar-refractivity contribution is 0.955. The molecular formula is C10H10IN3OS. The van der Waals surface area contributed by atoms with Crippen LogP contribution in [0.5, 0.6) is 0 Å². The van der Waals surface area contributed by atoms with Crippen molar-refractivity contribution in [2.45, 2.75) is 18.5 Å². The van der Waals surface area contributed by atoms with Gasteiger partial charge in [-0.1, -0.05) is 18.7 Å². The number of aromatic nitrogens is 3. The van der Waals surface area contributed by atoms with Crippen molar-refractivity contribution in [1.82, 2.24) is 15.0 Å². The van der Waals surface area contributed by atoms with Gasteiger partial charge in [0.25, 0.3) is 5.56 Å². The molecule has 0 radical (unpaired) electrons. The maximum absolute atomic E-state index is 11.8. The molecule has 0 aliphatic carbocycles. The van der Waals surface area contributed by atoms with E-state index >= 15 is 0 Å². The van der Waals surface area contributed by atoms with Gasteiger partial charge in [-0.05, 0) is 35.1 Å². The van der Waals surface area contributed by atoms with Crippen LogP contribution in [0.2, 0.25) is 0 Å². The summed E-state index contributed by atoms with van der Waals surface area (Å²) in [5.74, 6) is 0.943. The molecule has 1 N–H and O–H groups in total. The molecule has 84 valence electrons. The molecular weight excluding hydrogens is 337 g/mol. The van der Waals surface area contributed by atoms with Crippen LogP contribution >= 0.6 is 34.4 Å². The van der Waals surface area contributed by atoms with E-state index in [1.165, 1.54) is 0 Å². The molecule has 0 fully saturated rings. The van der Waals surface area contributed by atoms with Crippen LogP contribution in [0.25, 0.3) is 11.0 Å². The molecule has 0 atom stereocenters. The lowest BCUT2D eigenvalue weighted by Crippen LogP contribution is -2.10. The number of thioether (sulfide) groups is 1. The van der Waals surface area contributed by atoms with Crippen molar-refractivity contribution in [2.75, 3.05) is 5.75 Å². The molecule has 0 saturated heterocycles. The minimum Gasteiger partial charge on any atom is -0.301 e. The molecule has 2 aromatic rings. The van der Waals surface area contributed by atoms with Gasteiger partial charge in [0.15, 0.2) is 10.8 Å². The first-order valence-corrected chi connectivity index (χ1v) is 6.95. The van der Waals surface area contributed by atoms with Gasteiger partial charge in [0.1, 0.15) is 0 Å². The average molecular weight is 347 g/mol. The number of nitrogens with zero attached hydrogens (tertiary/aromatic N) is 2. The van der Waals surface area contributed by atoms with E-state index in [4.69, 9.17) is 0 Å². The maximum atomic E-state index is 11.8. The number of nitrogens with one attached hydrogen (secondary N) is 1. The van der Waals surface area contributed by atoms with Gasteiger partial charge in [0, 0.05) is 15.5 Å². The van der Waals surface area contributed by atoms with Crippen molar-refractivity contribution >= 4 is 45.4 Å². The molecule has 0 aromatic carbocycles. The van der Waals surface area contributed by atoms with Gasteiger partial charge in [-0.25, -0.2) is 9.97 Å². The van der Waals surface area contributed by atoms with Crippen LogP contribution in [0.1, 0.15) is 13.3 Å². The molecule has 16 heavy (non-hydrogen) atoms. The lowest BCUT2D eigenvalue weighted by atomic mass is 10.3. The Morgan fingerprint density at radius 1 is 1.56 bits per heavy atom. The lowest BCUT2D eigenvalue weighted by Gasteiger charge is -2.01. The van der Waals surface area contributed by atoms with E-state index in [1.54, 1.807) is 24.0 Å². The number of hydrogen-bond acceptors (Lipinski definition) is 4. The van der Waals surface area contributed by atoms with Gasteiger partial charge < -0.3 is 4.98 Å². The number of pyridine rings is 1. The second kappa shape index (κ2) is 5.13. The fourth-order valence-electron chi connectivity index (χ4n) is 1.24. The number of rotatable bonds is 3. The third-order valence-electron chi connectivity index (χ3n) is 1.95. The fraction of sp³-hybridized carbons (Fsp3) is 0.300. The van der Waals surface area contributed by atoms with Crippen LogP contribution < -0.4 is 5.56 Å². The summed E-state index contributed by atoms with van der Waals surface area (Å²) in [6.07, 6.45) is 2.76. The Bertz CT molecular complexity index is 569. The summed E-state index contributed by atoms with van der Waals surface area (Å²) in [5.41, 5.74) is 0.400. The predicted molar refractivity (Wildman–Crippen MR) is 73.9 cm³/mol. The van der Waals surface area contributed by atoms with Gasteiger partial charge in [0.05, 0.1) is 5.39 Å². The Kier molecular flexibility index (Phi) is 3.80. The highest BCUT2D eigenvalue weighted by molar-refractivity contribution is 14.1. The molecule has 0 unspecified atom stereocenters. The van der Waals surface area contributed by atoms with Gasteiger partial charge in [-0.15, -0.1) is 0 Å². The van der Waals surface area contributed by atoms with E-state index in [0.717, 1.165) is 15.7 Å². The van der Waals surface area contributed by atoms with Crippen LogP contribution in [0, 0.1) is 3.57 Å². The summed E-state index contributed by atoms with van der Waals surface area (Å²) in [4.78, 5) is 23.0. The van der Waals surface area contributed by atoms with E-state index in [2.05, 4.69) is 44.5 Å². The normalized spacial score (nSPS) is 10.9. The second-order valence-electron chi connectivity index (χ2n) is 3.24. The molecule has 0 amide bonds. The molecule has 0 bridgehead atoms. The first-order chi connectivity index (χ1) is 7.70. The van der Waals surface area contributed by atoms with Gasteiger partial charge >= 0.3 is 0 Å². The predicted octanol–water partition coefficient (Wildman–Crippen LogP) is 2.42. The Morgan fingerprint density at radius 2 is 2.38 bits per heavy atom. The molecule has 4 nitrogen and oxygen atoms in total. The topological polar surface area (TPSA) is 58.6 Å². The highest BCUT2D eigenvalue weighted by atomic mass is 127. The summed E-state index contributed by atoms with van der Waals surface area (Å²) in [5, 5.41) is 1.20. The van der Waals surface area contributed by atoms with E-state index in [9.17, 15) is 4.79 Å². The molecule has 2 heterocycles. The van der Waals surface area contributed by atoms with E-state index < -0.39 is 0 Å². The molecule has 0 aliphatic heterocycles. The highest BCUT2D eigenvalue weighted by Gasteiger charge is 2.05. The van der Waals surface area contributed by atoms with Crippen LogP contribution in [-0.4, -0.2) is 20.7 Å². The van der Waals surface area contributed by atoms with Crippen molar-refractivity contribution in [2.24, 2.45) is 0 Å². The smallest absolute Gasteiger partial charge is 0.261 e. The minimum atomic E-state index is -0.116. The van der Waals surface area contributed by atoms with Crippen molar-refractivity contribution < 1.29 is 0 Å². The van der Waals surface area contributed by atoms with E-state index in [-0.39, 0.29) is 5.56 Å². The highest BCUT2D eigenvalue weighted by Crippen LogP contribution is 2.15. The Balaban J connectivity index is 2.51. The fourth-order valence-corrected chi connectivity index (χ4v) is 2.41. The number of aromatic amines is 1. The van der Waals surface area contributed by atoms with Crippen LogP contribution in [0.15, 0.2) is 22.2 Å². The van der Waals surface area contributed by atoms with Gasteiger partial charge in [0.2, 0.25) is 0 Å². The van der Waals surface area contributed by atoms with Crippen molar-refractivity contribution in [3.8, 4) is 0 Å². The number of H-pyrrole nitrogens is 1. The van der Waals surface area contributed by atoms with Crippen molar-refractivity contribution in [3.05, 3.63) is 26.2 Å². The van der Waals surface area contributed by atoms with Crippen LogP contribution in [-0.2, 0) is 0 Å².